The lowest BCUT2D eigenvalue weighted by molar-refractivity contribution is -0.136. The molecule has 1 amide bonds. The van der Waals surface area contributed by atoms with E-state index in [4.69, 9.17) is 25.5 Å². The maximum atomic E-state index is 12.8. The molecule has 2 aromatic carbocycles. The number of alkyl carbamates (subject to hydrolysis) is 1. The van der Waals surface area contributed by atoms with Gasteiger partial charge in [-0.2, -0.15) is 11.8 Å². The summed E-state index contributed by atoms with van der Waals surface area (Å²) in [5, 5.41) is 13.5. The van der Waals surface area contributed by atoms with Crippen LogP contribution in [0.3, 0.4) is 0 Å². The van der Waals surface area contributed by atoms with Gasteiger partial charge in [-0.3, -0.25) is 4.79 Å². The minimum Gasteiger partial charge on any atom is -0.507 e. The third-order valence-corrected chi connectivity index (χ3v) is 5.37. The Morgan fingerprint density at radius 2 is 1.94 bits per heavy atom. The monoisotopic (exact) mass is 493 g/mol. The third kappa shape index (κ3) is 6.11. The zero-order valence-corrected chi connectivity index (χ0v) is 20.1. The predicted octanol–water partition coefficient (Wildman–Crippen LogP) is 4.86. The van der Waals surface area contributed by atoms with Gasteiger partial charge in [-0.25, -0.2) is 9.59 Å². The zero-order valence-electron chi connectivity index (χ0n) is 18.6. The van der Waals surface area contributed by atoms with E-state index in [1.54, 1.807) is 26.8 Å². The molecule has 2 N–H and O–H groups in total. The Kier molecular flexibility index (Phi) is 7.44. The molecule has 1 atom stereocenters. The molecule has 0 spiro atoms. The van der Waals surface area contributed by atoms with Crippen molar-refractivity contribution in [2.24, 2.45) is 0 Å². The molecule has 1 heterocycles. The fourth-order valence-electron chi connectivity index (χ4n) is 3.09. The summed E-state index contributed by atoms with van der Waals surface area (Å²) in [6.45, 7) is 5.14. The molecule has 0 radical (unpaired) electrons. The average Bonchev–Trinajstić information content (AvgIpc) is 2.69. The first-order chi connectivity index (χ1) is 15.5. The number of rotatable bonds is 6. The molecule has 0 bridgehead atoms. The van der Waals surface area contributed by atoms with Crippen molar-refractivity contribution in [2.45, 2.75) is 38.8 Å². The number of benzene rings is 2. The molecule has 0 saturated heterocycles. The maximum Gasteiger partial charge on any atom is 0.408 e. The summed E-state index contributed by atoms with van der Waals surface area (Å²) in [5.74, 6) is -0.614. The number of amides is 1. The number of hydrogen-bond acceptors (Lipinski definition) is 8. The van der Waals surface area contributed by atoms with Crippen LogP contribution in [0.4, 0.5) is 4.79 Å². The number of phenols is 1. The van der Waals surface area contributed by atoms with Crippen molar-refractivity contribution in [2.75, 3.05) is 12.0 Å². The molecule has 176 valence electrons. The van der Waals surface area contributed by atoms with Gasteiger partial charge in [-0.1, -0.05) is 11.6 Å². The highest BCUT2D eigenvalue weighted by Gasteiger charge is 2.26. The van der Waals surface area contributed by atoms with Crippen LogP contribution in [0.5, 0.6) is 11.5 Å². The van der Waals surface area contributed by atoms with Crippen LogP contribution in [0.25, 0.3) is 21.9 Å². The van der Waals surface area contributed by atoms with Crippen molar-refractivity contribution >= 4 is 57.4 Å². The Balaban J connectivity index is 1.91. The third-order valence-electron chi connectivity index (χ3n) is 4.49. The number of hydrogen-bond donors (Lipinski definition) is 2. The normalized spacial score (nSPS) is 12.5. The van der Waals surface area contributed by atoms with Gasteiger partial charge in [0.2, 0.25) is 5.43 Å². The van der Waals surface area contributed by atoms with E-state index in [1.165, 1.54) is 30.0 Å². The van der Waals surface area contributed by atoms with E-state index >= 15 is 0 Å². The number of halogens is 1. The van der Waals surface area contributed by atoms with E-state index in [1.807, 2.05) is 6.26 Å². The van der Waals surface area contributed by atoms with Gasteiger partial charge < -0.3 is 24.3 Å². The standard InChI is InChI=1S/C23H24ClNO7S/c1-23(2,3)32-22(29)25-15(7-8-33-4)21(28)30-13-10-16(26)19-18(11-13)31-17-9-12(24)5-6-14(17)20(19)27/h5-6,9-11,15,26H,7-8H2,1-4H3,(H,25,29)/t15-/m1/s1. The Bertz CT molecular complexity index is 1270. The molecule has 0 aliphatic rings. The molecule has 3 rings (SSSR count). The molecular formula is C23H24ClNO7S. The largest absolute Gasteiger partial charge is 0.507 e. The summed E-state index contributed by atoms with van der Waals surface area (Å²) >= 11 is 7.49. The number of carbonyl (C=O) groups is 2. The molecule has 1 aromatic heterocycles. The molecule has 8 nitrogen and oxygen atoms in total. The smallest absolute Gasteiger partial charge is 0.408 e. The number of phenolic OH excluding ortho intramolecular Hbond substituents is 1. The van der Waals surface area contributed by atoms with Crippen LogP contribution in [0, 0.1) is 0 Å². The van der Waals surface area contributed by atoms with Crippen LogP contribution in [-0.4, -0.2) is 40.8 Å². The van der Waals surface area contributed by atoms with E-state index in [-0.39, 0.29) is 27.7 Å². The second-order valence-corrected chi connectivity index (χ2v) is 9.71. The van der Waals surface area contributed by atoms with Gasteiger partial charge in [0.05, 0.1) is 5.39 Å². The molecule has 0 aliphatic carbocycles. The number of aromatic hydroxyl groups is 1. The van der Waals surface area contributed by atoms with E-state index in [9.17, 15) is 19.5 Å². The SMILES string of the molecule is CSCC[C@@H](NC(=O)OC(C)(C)C)C(=O)Oc1cc(O)c2c(=O)c3ccc(Cl)cc3oc2c1. The summed E-state index contributed by atoms with van der Waals surface area (Å²) in [5.41, 5.74) is -0.917. The molecular weight excluding hydrogens is 470 g/mol. The Morgan fingerprint density at radius 3 is 2.61 bits per heavy atom. The van der Waals surface area contributed by atoms with Crippen molar-refractivity contribution in [3.63, 3.8) is 0 Å². The predicted molar refractivity (Wildman–Crippen MR) is 128 cm³/mol. The number of esters is 1. The van der Waals surface area contributed by atoms with Crippen molar-refractivity contribution in [3.8, 4) is 11.5 Å². The first-order valence-corrected chi connectivity index (χ1v) is 11.8. The van der Waals surface area contributed by atoms with Gasteiger partial charge >= 0.3 is 12.1 Å². The molecule has 33 heavy (non-hydrogen) atoms. The van der Waals surface area contributed by atoms with Crippen molar-refractivity contribution in [1.82, 2.24) is 5.32 Å². The van der Waals surface area contributed by atoms with E-state index in [2.05, 4.69) is 5.32 Å². The summed E-state index contributed by atoms with van der Waals surface area (Å²) in [7, 11) is 0. The van der Waals surface area contributed by atoms with Gasteiger partial charge in [0, 0.05) is 23.2 Å². The second kappa shape index (κ2) is 9.93. The van der Waals surface area contributed by atoms with Crippen LogP contribution in [0.1, 0.15) is 27.2 Å². The lowest BCUT2D eigenvalue weighted by Crippen LogP contribution is -2.45. The van der Waals surface area contributed by atoms with Gasteiger partial charge in [0.1, 0.15) is 39.7 Å². The van der Waals surface area contributed by atoms with Crippen LogP contribution in [0.2, 0.25) is 5.02 Å². The Hall–Kier alpha value is -2.91. The second-order valence-electron chi connectivity index (χ2n) is 8.29. The maximum absolute atomic E-state index is 12.8. The quantitative estimate of drug-likeness (QED) is 0.284. The van der Waals surface area contributed by atoms with Crippen molar-refractivity contribution in [3.05, 3.63) is 45.6 Å². The van der Waals surface area contributed by atoms with Crippen LogP contribution in [-0.2, 0) is 9.53 Å². The fraction of sp³-hybridized carbons (Fsp3) is 0.348. The molecule has 3 aromatic rings. The van der Waals surface area contributed by atoms with Gasteiger partial charge in [0.25, 0.3) is 0 Å². The minimum absolute atomic E-state index is 0.0262. The first-order valence-electron chi connectivity index (χ1n) is 10.1. The molecule has 0 saturated carbocycles. The first kappa shape index (κ1) is 24.7. The van der Waals surface area contributed by atoms with Crippen molar-refractivity contribution < 1.29 is 28.6 Å². The molecule has 0 unspecified atom stereocenters. The summed E-state index contributed by atoms with van der Waals surface area (Å²) < 4.78 is 16.4. The van der Waals surface area contributed by atoms with E-state index in [0.29, 0.717) is 17.2 Å². The molecule has 0 aliphatic heterocycles. The Morgan fingerprint density at radius 1 is 1.21 bits per heavy atom. The van der Waals surface area contributed by atoms with E-state index < -0.39 is 34.9 Å². The molecule has 0 fully saturated rings. The van der Waals surface area contributed by atoms with Gasteiger partial charge in [-0.05, 0) is 51.3 Å². The van der Waals surface area contributed by atoms with Crippen LogP contribution >= 0.6 is 23.4 Å². The summed E-state index contributed by atoms with van der Waals surface area (Å²) in [4.78, 5) is 37.7. The Labute approximate surface area is 199 Å². The number of fused-ring (bicyclic) bond motifs is 2. The summed E-state index contributed by atoms with van der Waals surface area (Å²) in [6, 6.07) is 6.04. The van der Waals surface area contributed by atoms with Gasteiger partial charge in [-0.15, -0.1) is 0 Å². The minimum atomic E-state index is -0.979. The topological polar surface area (TPSA) is 115 Å². The lowest BCUT2D eigenvalue weighted by Gasteiger charge is -2.22. The fourth-order valence-corrected chi connectivity index (χ4v) is 3.72. The number of thioether (sulfide) groups is 1. The van der Waals surface area contributed by atoms with Crippen LogP contribution < -0.4 is 15.5 Å². The molecule has 10 heteroatoms. The highest BCUT2D eigenvalue weighted by Crippen LogP contribution is 2.31. The van der Waals surface area contributed by atoms with Gasteiger partial charge in [0.15, 0.2) is 0 Å². The number of ether oxygens (including phenoxy) is 2. The van der Waals surface area contributed by atoms with Crippen molar-refractivity contribution in [1.29, 1.82) is 0 Å². The van der Waals surface area contributed by atoms with Crippen LogP contribution in [0.15, 0.2) is 39.5 Å². The zero-order chi connectivity index (χ0) is 24.3. The highest BCUT2D eigenvalue weighted by molar-refractivity contribution is 7.98. The lowest BCUT2D eigenvalue weighted by atomic mass is 10.1. The van der Waals surface area contributed by atoms with E-state index in [0.717, 1.165) is 6.07 Å². The number of nitrogens with one attached hydrogen (secondary N) is 1. The highest BCUT2D eigenvalue weighted by atomic mass is 35.5. The number of carbonyl (C=O) groups excluding carboxylic acids is 2. The average molecular weight is 494 g/mol. The summed E-state index contributed by atoms with van der Waals surface area (Å²) in [6.07, 6.45) is 1.42.